The van der Waals surface area contributed by atoms with E-state index in [2.05, 4.69) is 29.2 Å². The van der Waals surface area contributed by atoms with Crippen molar-refractivity contribution < 1.29 is 13.6 Å². The third-order valence-corrected chi connectivity index (χ3v) is 4.40. The maximum atomic E-state index is 12.8. The van der Waals surface area contributed by atoms with Crippen molar-refractivity contribution in [2.45, 2.75) is 33.7 Å². The minimum Gasteiger partial charge on any atom is -0.372 e. The lowest BCUT2D eigenvalue weighted by Gasteiger charge is -2.21. The van der Waals surface area contributed by atoms with Crippen LogP contribution in [0.25, 0.3) is 0 Å². The Balaban J connectivity index is 2.04. The van der Waals surface area contributed by atoms with Crippen LogP contribution in [0.15, 0.2) is 24.3 Å². The molecule has 1 heterocycles. The number of hydrogen-bond donors (Lipinski definition) is 1. The summed E-state index contributed by atoms with van der Waals surface area (Å²) >= 11 is 5.83. The van der Waals surface area contributed by atoms with Crippen LogP contribution in [0.1, 0.15) is 31.7 Å². The molecule has 0 saturated carbocycles. The summed E-state index contributed by atoms with van der Waals surface area (Å²) in [5.74, 6) is -0.362. The Morgan fingerprint density at radius 3 is 2.36 bits per heavy atom. The number of aromatic nitrogens is 2. The molecule has 0 radical (unpaired) electrons. The first kappa shape index (κ1) is 19.2. The first-order valence-electron chi connectivity index (χ1n) is 8.03. The van der Waals surface area contributed by atoms with Crippen molar-refractivity contribution in [1.82, 2.24) is 9.78 Å². The van der Waals surface area contributed by atoms with Gasteiger partial charge in [-0.15, -0.1) is 0 Å². The zero-order valence-electron chi connectivity index (χ0n) is 14.4. The smallest absolute Gasteiger partial charge is 0.283 e. The molecule has 136 valence electrons. The number of nitrogens with one attached hydrogen (secondary N) is 1. The van der Waals surface area contributed by atoms with Gasteiger partial charge in [-0.05, 0) is 45.0 Å². The van der Waals surface area contributed by atoms with Crippen molar-refractivity contribution in [3.63, 3.8) is 0 Å². The fourth-order valence-electron chi connectivity index (χ4n) is 2.52. The number of rotatable bonds is 7. The zero-order valence-corrected chi connectivity index (χ0v) is 15.1. The van der Waals surface area contributed by atoms with Gasteiger partial charge in [-0.3, -0.25) is 9.48 Å². The van der Waals surface area contributed by atoms with Crippen LogP contribution in [0.5, 0.6) is 0 Å². The SMILES string of the molecule is CCN(CC)c1ccc(NC(=O)Cn2nc(C(F)F)c(Cl)c2C)cc1. The summed E-state index contributed by atoms with van der Waals surface area (Å²) in [5.41, 5.74) is 1.53. The Morgan fingerprint density at radius 1 is 1.28 bits per heavy atom. The fourth-order valence-corrected chi connectivity index (χ4v) is 2.74. The lowest BCUT2D eigenvalue weighted by Crippen LogP contribution is -2.22. The fraction of sp³-hybridized carbons (Fsp3) is 0.412. The first-order valence-corrected chi connectivity index (χ1v) is 8.40. The molecule has 2 rings (SSSR count). The molecular weight excluding hydrogens is 350 g/mol. The summed E-state index contributed by atoms with van der Waals surface area (Å²) in [7, 11) is 0. The van der Waals surface area contributed by atoms with Gasteiger partial charge in [-0.25, -0.2) is 8.78 Å². The molecule has 0 fully saturated rings. The van der Waals surface area contributed by atoms with Crippen LogP contribution in [0.4, 0.5) is 20.2 Å². The van der Waals surface area contributed by atoms with Crippen LogP contribution in [0, 0.1) is 6.92 Å². The van der Waals surface area contributed by atoms with Crippen molar-refractivity contribution >= 4 is 28.9 Å². The molecular formula is C17H21ClF2N4O. The van der Waals surface area contributed by atoms with E-state index < -0.39 is 12.1 Å². The molecule has 1 aromatic carbocycles. The molecule has 2 aromatic rings. The average molecular weight is 371 g/mol. The van der Waals surface area contributed by atoms with Gasteiger partial charge in [-0.1, -0.05) is 11.6 Å². The summed E-state index contributed by atoms with van der Waals surface area (Å²) < 4.78 is 26.8. The van der Waals surface area contributed by atoms with Crippen LogP contribution < -0.4 is 10.2 Å². The number of anilines is 2. The number of carbonyl (C=O) groups is 1. The highest BCUT2D eigenvalue weighted by Crippen LogP contribution is 2.28. The summed E-state index contributed by atoms with van der Waals surface area (Å²) in [5, 5.41) is 6.34. The Labute approximate surface area is 150 Å². The molecule has 0 bridgehead atoms. The number of nitrogens with zero attached hydrogens (tertiary/aromatic N) is 3. The normalized spacial score (nSPS) is 11.0. The zero-order chi connectivity index (χ0) is 18.6. The lowest BCUT2D eigenvalue weighted by molar-refractivity contribution is -0.117. The van der Waals surface area contributed by atoms with E-state index in [1.165, 1.54) is 4.68 Å². The molecule has 1 N–H and O–H groups in total. The molecule has 0 unspecified atom stereocenters. The van der Waals surface area contributed by atoms with Crippen LogP contribution in [0.2, 0.25) is 5.02 Å². The molecule has 1 amide bonds. The van der Waals surface area contributed by atoms with E-state index in [0.29, 0.717) is 11.4 Å². The van der Waals surface area contributed by atoms with Gasteiger partial charge in [0.2, 0.25) is 5.91 Å². The van der Waals surface area contributed by atoms with Gasteiger partial charge >= 0.3 is 0 Å². The Kier molecular flexibility index (Phi) is 6.36. The molecule has 0 aliphatic carbocycles. The highest BCUT2D eigenvalue weighted by molar-refractivity contribution is 6.31. The van der Waals surface area contributed by atoms with E-state index in [4.69, 9.17) is 11.6 Å². The second kappa shape index (κ2) is 8.29. The monoisotopic (exact) mass is 370 g/mol. The van der Waals surface area contributed by atoms with Gasteiger partial charge in [0.05, 0.1) is 10.7 Å². The number of carbonyl (C=O) groups excluding carboxylic acids is 1. The Morgan fingerprint density at radius 2 is 1.88 bits per heavy atom. The Bertz CT molecular complexity index is 727. The number of hydrogen-bond acceptors (Lipinski definition) is 3. The van der Waals surface area contributed by atoms with Crippen LogP contribution >= 0.6 is 11.6 Å². The third-order valence-electron chi connectivity index (χ3n) is 3.94. The predicted octanol–water partition coefficient (Wildman–Crippen LogP) is 4.27. The van der Waals surface area contributed by atoms with Gasteiger partial charge in [0.15, 0.2) is 0 Å². The number of benzene rings is 1. The maximum absolute atomic E-state index is 12.8. The second-order valence-corrected chi connectivity index (χ2v) is 5.89. The molecule has 0 aliphatic heterocycles. The quantitative estimate of drug-likeness (QED) is 0.792. The minimum absolute atomic E-state index is 0.105. The van der Waals surface area contributed by atoms with Crippen molar-refractivity contribution in [2.75, 3.05) is 23.3 Å². The summed E-state index contributed by atoms with van der Waals surface area (Å²) in [6.45, 7) is 7.31. The lowest BCUT2D eigenvalue weighted by atomic mass is 10.2. The van der Waals surface area contributed by atoms with Crippen LogP contribution in [-0.2, 0) is 11.3 Å². The Hall–Kier alpha value is -2.15. The van der Waals surface area contributed by atoms with E-state index in [0.717, 1.165) is 18.8 Å². The molecule has 8 heteroatoms. The van der Waals surface area contributed by atoms with Crippen LogP contribution in [-0.4, -0.2) is 28.8 Å². The van der Waals surface area contributed by atoms with E-state index in [1.54, 1.807) is 19.1 Å². The summed E-state index contributed by atoms with van der Waals surface area (Å²) in [4.78, 5) is 14.3. The van der Waals surface area contributed by atoms with Crippen molar-refractivity contribution in [3.05, 3.63) is 40.7 Å². The highest BCUT2D eigenvalue weighted by Gasteiger charge is 2.21. The van der Waals surface area contributed by atoms with Crippen molar-refractivity contribution in [3.8, 4) is 0 Å². The molecule has 0 saturated heterocycles. The van der Waals surface area contributed by atoms with Gasteiger partial charge in [-0.2, -0.15) is 5.10 Å². The van der Waals surface area contributed by atoms with Gasteiger partial charge in [0.25, 0.3) is 6.43 Å². The topological polar surface area (TPSA) is 50.2 Å². The third kappa shape index (κ3) is 4.48. The average Bonchev–Trinajstić information content (AvgIpc) is 2.86. The van der Waals surface area contributed by atoms with E-state index >= 15 is 0 Å². The largest absolute Gasteiger partial charge is 0.372 e. The van der Waals surface area contributed by atoms with Gasteiger partial charge in [0, 0.05) is 24.5 Å². The van der Waals surface area contributed by atoms with E-state index in [1.807, 2.05) is 12.1 Å². The molecule has 25 heavy (non-hydrogen) atoms. The summed E-state index contributed by atoms with van der Waals surface area (Å²) in [6.07, 6.45) is -2.77. The van der Waals surface area contributed by atoms with Crippen molar-refractivity contribution in [2.24, 2.45) is 0 Å². The number of halogens is 3. The predicted molar refractivity (Wildman–Crippen MR) is 95.6 cm³/mol. The minimum atomic E-state index is -2.77. The molecule has 0 spiro atoms. The van der Waals surface area contributed by atoms with Gasteiger partial charge in [0.1, 0.15) is 12.2 Å². The van der Waals surface area contributed by atoms with Crippen LogP contribution in [0.3, 0.4) is 0 Å². The van der Waals surface area contributed by atoms with Crippen molar-refractivity contribution in [1.29, 1.82) is 0 Å². The molecule has 0 atom stereocenters. The molecule has 1 aromatic heterocycles. The second-order valence-electron chi connectivity index (χ2n) is 5.51. The number of amides is 1. The van der Waals surface area contributed by atoms with E-state index in [-0.39, 0.29) is 17.5 Å². The van der Waals surface area contributed by atoms with Gasteiger partial charge < -0.3 is 10.2 Å². The summed E-state index contributed by atoms with van der Waals surface area (Å²) in [6, 6.07) is 7.46. The van der Waals surface area contributed by atoms with E-state index in [9.17, 15) is 13.6 Å². The molecule has 0 aliphatic rings. The maximum Gasteiger partial charge on any atom is 0.283 e. The highest BCUT2D eigenvalue weighted by atomic mass is 35.5. The molecule has 5 nitrogen and oxygen atoms in total. The standard InChI is InChI=1S/C17H21ClF2N4O/c1-4-23(5-2)13-8-6-12(7-9-13)21-14(25)10-24-11(3)15(18)16(22-24)17(19)20/h6-9,17H,4-5,10H2,1-3H3,(H,21,25). The number of alkyl halides is 2. The first-order chi connectivity index (χ1) is 11.9.